The summed E-state index contributed by atoms with van der Waals surface area (Å²) in [6.07, 6.45) is 0. The van der Waals surface area contributed by atoms with Crippen molar-refractivity contribution in [1.82, 2.24) is 0 Å². The Morgan fingerprint density at radius 3 is 2.55 bits per heavy atom. The molecule has 3 rings (SSSR count). The number of rotatable bonds is 3. The van der Waals surface area contributed by atoms with Gasteiger partial charge in [0.05, 0.1) is 0 Å². The molecule has 0 bridgehead atoms. The molecule has 0 spiro atoms. The highest BCUT2D eigenvalue weighted by Crippen LogP contribution is 2.20. The van der Waals surface area contributed by atoms with Gasteiger partial charge in [0, 0.05) is 17.8 Å². The molecule has 0 aliphatic heterocycles. The van der Waals surface area contributed by atoms with Crippen molar-refractivity contribution < 1.29 is 4.39 Å². The summed E-state index contributed by atoms with van der Waals surface area (Å²) in [5.74, 6) is -0.163. The van der Waals surface area contributed by atoms with Gasteiger partial charge in [0.1, 0.15) is 5.82 Å². The van der Waals surface area contributed by atoms with Crippen molar-refractivity contribution in [3.63, 3.8) is 0 Å². The minimum atomic E-state index is -0.163. The number of hydrogen-bond donors (Lipinski definition) is 1. The largest absolute Gasteiger partial charge is 0.381 e. The average molecular weight is 265 g/mol. The third kappa shape index (κ3) is 2.64. The summed E-state index contributed by atoms with van der Waals surface area (Å²) in [6, 6.07) is 19.6. The molecule has 1 N–H and O–H groups in total. The van der Waals surface area contributed by atoms with Crippen molar-refractivity contribution in [2.45, 2.75) is 13.5 Å². The molecule has 2 heteroatoms. The molecule has 100 valence electrons. The van der Waals surface area contributed by atoms with Crippen LogP contribution in [0.5, 0.6) is 0 Å². The van der Waals surface area contributed by atoms with E-state index in [1.807, 2.05) is 31.2 Å². The van der Waals surface area contributed by atoms with E-state index < -0.39 is 0 Å². The molecule has 0 unspecified atom stereocenters. The van der Waals surface area contributed by atoms with Gasteiger partial charge in [0.2, 0.25) is 0 Å². The van der Waals surface area contributed by atoms with Crippen LogP contribution in [0.2, 0.25) is 0 Å². The van der Waals surface area contributed by atoms with E-state index in [-0.39, 0.29) is 5.82 Å². The van der Waals surface area contributed by atoms with Crippen LogP contribution in [0.3, 0.4) is 0 Å². The molecule has 0 saturated heterocycles. The third-order valence-corrected chi connectivity index (χ3v) is 3.43. The van der Waals surface area contributed by atoms with Gasteiger partial charge in [-0.3, -0.25) is 0 Å². The minimum absolute atomic E-state index is 0.163. The highest BCUT2D eigenvalue weighted by molar-refractivity contribution is 5.85. The zero-order valence-corrected chi connectivity index (χ0v) is 11.4. The average Bonchev–Trinajstić information content (AvgIpc) is 2.48. The van der Waals surface area contributed by atoms with Crippen molar-refractivity contribution in [2.24, 2.45) is 0 Å². The second-order valence-electron chi connectivity index (χ2n) is 5.01. The molecule has 3 aromatic carbocycles. The van der Waals surface area contributed by atoms with Crippen molar-refractivity contribution in [3.05, 3.63) is 77.6 Å². The molecular weight excluding hydrogens is 249 g/mol. The van der Waals surface area contributed by atoms with Gasteiger partial charge < -0.3 is 5.32 Å². The van der Waals surface area contributed by atoms with Crippen molar-refractivity contribution in [2.75, 3.05) is 5.32 Å². The number of aryl methyl sites for hydroxylation is 1. The number of fused-ring (bicyclic) bond motifs is 1. The molecule has 0 heterocycles. The van der Waals surface area contributed by atoms with Crippen LogP contribution in [0.15, 0.2) is 60.7 Å². The van der Waals surface area contributed by atoms with E-state index in [1.54, 1.807) is 6.07 Å². The highest BCUT2D eigenvalue weighted by Gasteiger charge is 2.02. The summed E-state index contributed by atoms with van der Waals surface area (Å²) in [4.78, 5) is 0. The quantitative estimate of drug-likeness (QED) is 0.710. The Balaban J connectivity index is 1.81. The summed E-state index contributed by atoms with van der Waals surface area (Å²) in [7, 11) is 0. The van der Waals surface area contributed by atoms with Crippen LogP contribution in [0, 0.1) is 12.7 Å². The van der Waals surface area contributed by atoms with Gasteiger partial charge in [-0.1, -0.05) is 48.0 Å². The summed E-state index contributed by atoms with van der Waals surface area (Å²) in [6.45, 7) is 2.46. The first-order valence-electron chi connectivity index (χ1n) is 6.70. The Labute approximate surface area is 118 Å². The molecule has 0 aliphatic rings. The monoisotopic (exact) mass is 265 g/mol. The molecule has 0 saturated carbocycles. The van der Waals surface area contributed by atoms with E-state index in [1.165, 1.54) is 16.8 Å². The summed E-state index contributed by atoms with van der Waals surface area (Å²) in [5, 5.41) is 5.67. The third-order valence-electron chi connectivity index (χ3n) is 3.43. The summed E-state index contributed by atoms with van der Waals surface area (Å²) >= 11 is 0. The van der Waals surface area contributed by atoms with E-state index in [0.717, 1.165) is 11.3 Å². The number of nitrogens with one attached hydrogen (secondary N) is 1. The lowest BCUT2D eigenvalue weighted by Crippen LogP contribution is -2.02. The van der Waals surface area contributed by atoms with Gasteiger partial charge in [-0.15, -0.1) is 0 Å². The summed E-state index contributed by atoms with van der Waals surface area (Å²) < 4.78 is 13.7. The van der Waals surface area contributed by atoms with Crippen molar-refractivity contribution in [1.29, 1.82) is 0 Å². The van der Waals surface area contributed by atoms with Gasteiger partial charge in [0.25, 0.3) is 0 Å². The predicted octanol–water partition coefficient (Wildman–Crippen LogP) is 4.90. The van der Waals surface area contributed by atoms with E-state index in [4.69, 9.17) is 0 Å². The van der Waals surface area contributed by atoms with Crippen LogP contribution in [-0.2, 0) is 6.54 Å². The number of anilines is 1. The molecule has 1 nitrogen and oxygen atoms in total. The number of hydrogen-bond acceptors (Lipinski definition) is 1. The molecule has 0 atom stereocenters. The van der Waals surface area contributed by atoms with Gasteiger partial charge in [-0.25, -0.2) is 4.39 Å². The second-order valence-corrected chi connectivity index (χ2v) is 5.01. The Kier molecular flexibility index (Phi) is 3.38. The van der Waals surface area contributed by atoms with Crippen molar-refractivity contribution in [3.8, 4) is 0 Å². The van der Waals surface area contributed by atoms with Gasteiger partial charge in [0.15, 0.2) is 0 Å². The first-order valence-corrected chi connectivity index (χ1v) is 6.70. The molecule has 0 fully saturated rings. The highest BCUT2D eigenvalue weighted by atomic mass is 19.1. The lowest BCUT2D eigenvalue weighted by molar-refractivity contribution is 0.612. The van der Waals surface area contributed by atoms with Gasteiger partial charge in [-0.2, -0.15) is 0 Å². The Morgan fingerprint density at radius 1 is 0.900 bits per heavy atom. The molecule has 0 amide bonds. The Bertz CT molecular complexity index is 749. The number of halogens is 1. The predicted molar refractivity (Wildman–Crippen MR) is 82.4 cm³/mol. The van der Waals surface area contributed by atoms with Crippen LogP contribution in [-0.4, -0.2) is 0 Å². The maximum atomic E-state index is 13.7. The Morgan fingerprint density at radius 2 is 1.70 bits per heavy atom. The lowest BCUT2D eigenvalue weighted by atomic mass is 10.1. The zero-order valence-electron chi connectivity index (χ0n) is 11.4. The molecule has 0 aromatic heterocycles. The standard InChI is InChI=1S/C18H16FN/c1-13-6-9-18(19)16(10-13)12-20-17-8-7-14-4-2-3-5-15(14)11-17/h2-11,20H,12H2,1H3. The van der Waals surface area contributed by atoms with E-state index in [0.29, 0.717) is 12.1 Å². The fourth-order valence-electron chi connectivity index (χ4n) is 2.34. The van der Waals surface area contributed by atoms with Crippen LogP contribution >= 0.6 is 0 Å². The van der Waals surface area contributed by atoms with E-state index in [9.17, 15) is 4.39 Å². The van der Waals surface area contributed by atoms with Gasteiger partial charge >= 0.3 is 0 Å². The Hall–Kier alpha value is -2.35. The van der Waals surface area contributed by atoms with Crippen LogP contribution in [0.4, 0.5) is 10.1 Å². The topological polar surface area (TPSA) is 12.0 Å². The molecule has 0 radical (unpaired) electrons. The maximum absolute atomic E-state index is 13.7. The smallest absolute Gasteiger partial charge is 0.128 e. The zero-order chi connectivity index (χ0) is 13.9. The van der Waals surface area contributed by atoms with Crippen molar-refractivity contribution >= 4 is 16.5 Å². The lowest BCUT2D eigenvalue weighted by Gasteiger charge is -2.09. The normalized spacial score (nSPS) is 10.7. The van der Waals surface area contributed by atoms with Crippen LogP contribution in [0.25, 0.3) is 10.8 Å². The fourth-order valence-corrected chi connectivity index (χ4v) is 2.34. The molecular formula is C18H16FN. The summed E-state index contributed by atoms with van der Waals surface area (Å²) in [5.41, 5.74) is 2.77. The molecule has 3 aromatic rings. The van der Waals surface area contributed by atoms with Crippen LogP contribution in [0.1, 0.15) is 11.1 Å². The first-order chi connectivity index (χ1) is 9.72. The number of benzene rings is 3. The minimum Gasteiger partial charge on any atom is -0.381 e. The molecule has 0 aliphatic carbocycles. The van der Waals surface area contributed by atoms with Gasteiger partial charge in [-0.05, 0) is 35.9 Å². The molecule has 20 heavy (non-hydrogen) atoms. The van der Waals surface area contributed by atoms with E-state index >= 15 is 0 Å². The fraction of sp³-hybridized carbons (Fsp3) is 0.111. The SMILES string of the molecule is Cc1ccc(F)c(CNc2ccc3ccccc3c2)c1. The second kappa shape index (κ2) is 5.33. The van der Waals surface area contributed by atoms with E-state index in [2.05, 4.69) is 29.6 Å². The maximum Gasteiger partial charge on any atom is 0.128 e. The van der Waals surface area contributed by atoms with Crippen LogP contribution < -0.4 is 5.32 Å². The first kappa shape index (κ1) is 12.7.